The third-order valence-electron chi connectivity index (χ3n) is 2.41. The Labute approximate surface area is 107 Å². The van der Waals surface area contributed by atoms with Gasteiger partial charge in [0.15, 0.2) is 0 Å². The lowest BCUT2D eigenvalue weighted by atomic mass is 10.0. The largest absolute Gasteiger partial charge is 0.496 e. The molecule has 0 aliphatic rings. The van der Waals surface area contributed by atoms with E-state index < -0.39 is 5.97 Å². The summed E-state index contributed by atoms with van der Waals surface area (Å²) in [7, 11) is 1.52. The molecule has 0 unspecified atom stereocenters. The maximum Gasteiger partial charge on any atom is 0.342 e. The van der Waals surface area contributed by atoms with Crippen molar-refractivity contribution in [2.24, 2.45) is 0 Å². The van der Waals surface area contributed by atoms with Crippen molar-refractivity contribution in [2.75, 3.05) is 7.11 Å². The molecule has 0 saturated heterocycles. The van der Waals surface area contributed by atoms with Crippen molar-refractivity contribution in [1.29, 1.82) is 0 Å². The smallest absolute Gasteiger partial charge is 0.342 e. The molecule has 17 heavy (non-hydrogen) atoms. The molecule has 3 nitrogen and oxygen atoms in total. The second-order valence-corrected chi connectivity index (χ2v) is 4.54. The second kappa shape index (κ2) is 5.41. The van der Waals surface area contributed by atoms with Crippen LogP contribution in [-0.4, -0.2) is 19.2 Å². The van der Waals surface area contributed by atoms with Gasteiger partial charge in [0.1, 0.15) is 11.3 Å². The molecule has 1 aromatic carbocycles. The number of methoxy groups -OCH3 is 1. The Morgan fingerprint density at radius 3 is 2.41 bits per heavy atom. The molecule has 0 saturated carbocycles. The van der Waals surface area contributed by atoms with Crippen molar-refractivity contribution in [3.8, 4) is 5.75 Å². The van der Waals surface area contributed by atoms with Gasteiger partial charge in [0, 0.05) is 5.02 Å². The molecule has 0 aromatic heterocycles. The fourth-order valence-corrected chi connectivity index (χ4v) is 1.76. The molecule has 0 radical (unpaired) electrons. The first-order valence-electron chi connectivity index (χ1n) is 5.43. The first kappa shape index (κ1) is 13.8. The molecule has 0 aliphatic heterocycles. The quantitative estimate of drug-likeness (QED) is 0.776. The van der Waals surface area contributed by atoms with E-state index in [4.69, 9.17) is 21.1 Å². The van der Waals surface area contributed by atoms with Crippen LogP contribution in [0.2, 0.25) is 5.02 Å². The van der Waals surface area contributed by atoms with Gasteiger partial charge in [0.2, 0.25) is 0 Å². The molecule has 4 heteroatoms. The number of benzene rings is 1. The summed E-state index contributed by atoms with van der Waals surface area (Å²) in [5.41, 5.74) is 1.97. The van der Waals surface area contributed by atoms with E-state index >= 15 is 0 Å². The Kier molecular flexibility index (Phi) is 4.40. The summed E-state index contributed by atoms with van der Waals surface area (Å²) in [6, 6.07) is 1.74. The number of hydrogen-bond acceptors (Lipinski definition) is 3. The Hall–Kier alpha value is -1.22. The van der Waals surface area contributed by atoms with E-state index in [1.807, 2.05) is 6.92 Å². The fraction of sp³-hybridized carbons (Fsp3) is 0.462. The minimum atomic E-state index is -0.406. The number of hydrogen-bond donors (Lipinski definition) is 0. The van der Waals surface area contributed by atoms with Gasteiger partial charge in [0.25, 0.3) is 0 Å². The van der Waals surface area contributed by atoms with E-state index in [2.05, 4.69) is 0 Å². The summed E-state index contributed by atoms with van der Waals surface area (Å²) < 4.78 is 10.4. The lowest BCUT2D eigenvalue weighted by Crippen LogP contribution is -2.14. The number of aryl methyl sites for hydroxylation is 1. The van der Waals surface area contributed by atoms with Crippen LogP contribution in [0.25, 0.3) is 0 Å². The van der Waals surface area contributed by atoms with Gasteiger partial charge in [-0.3, -0.25) is 0 Å². The highest BCUT2D eigenvalue weighted by atomic mass is 35.5. The van der Waals surface area contributed by atoms with Gasteiger partial charge < -0.3 is 9.47 Å². The molecule has 0 bridgehead atoms. The molecule has 1 aromatic rings. The molecule has 1 rings (SSSR count). The number of rotatable bonds is 3. The van der Waals surface area contributed by atoms with Crippen LogP contribution in [0.15, 0.2) is 6.07 Å². The highest BCUT2D eigenvalue weighted by Gasteiger charge is 2.21. The maximum absolute atomic E-state index is 12.0. The summed E-state index contributed by atoms with van der Waals surface area (Å²) in [6.07, 6.45) is -0.174. The minimum absolute atomic E-state index is 0.174. The second-order valence-electron chi connectivity index (χ2n) is 4.16. The monoisotopic (exact) mass is 256 g/mol. The summed E-state index contributed by atoms with van der Waals surface area (Å²) in [5, 5.41) is 0.571. The van der Waals surface area contributed by atoms with E-state index in [9.17, 15) is 4.79 Å². The predicted molar refractivity (Wildman–Crippen MR) is 68.0 cm³/mol. The average molecular weight is 257 g/mol. The Balaban J connectivity index is 3.30. The van der Waals surface area contributed by atoms with Crippen LogP contribution in [0.5, 0.6) is 5.75 Å². The molecule has 0 heterocycles. The third-order valence-corrected chi connectivity index (χ3v) is 2.99. The van der Waals surface area contributed by atoms with Gasteiger partial charge in [-0.2, -0.15) is 0 Å². The molecule has 94 valence electrons. The highest BCUT2D eigenvalue weighted by molar-refractivity contribution is 6.32. The average Bonchev–Trinajstić information content (AvgIpc) is 2.23. The number of carbonyl (C=O) groups is 1. The van der Waals surface area contributed by atoms with E-state index in [0.717, 1.165) is 5.56 Å². The van der Waals surface area contributed by atoms with Crippen LogP contribution in [-0.2, 0) is 4.74 Å². The summed E-state index contributed by atoms with van der Waals surface area (Å²) in [6.45, 7) is 7.26. The molecule has 0 aliphatic carbocycles. The molecule has 0 amide bonds. The van der Waals surface area contributed by atoms with Crippen LogP contribution in [0, 0.1) is 13.8 Å². The van der Waals surface area contributed by atoms with Crippen molar-refractivity contribution in [3.05, 3.63) is 27.8 Å². The number of carbonyl (C=O) groups excluding carboxylic acids is 1. The zero-order valence-electron chi connectivity index (χ0n) is 10.8. The van der Waals surface area contributed by atoms with Gasteiger partial charge >= 0.3 is 5.97 Å². The van der Waals surface area contributed by atoms with E-state index in [-0.39, 0.29) is 6.10 Å². The fourth-order valence-electron chi connectivity index (χ4n) is 1.61. The Morgan fingerprint density at radius 2 is 1.94 bits per heavy atom. The molecule has 0 atom stereocenters. The van der Waals surface area contributed by atoms with Gasteiger partial charge in [-0.05, 0) is 44.9 Å². The Bertz CT molecular complexity index is 439. The van der Waals surface area contributed by atoms with Gasteiger partial charge in [-0.25, -0.2) is 4.79 Å². The number of esters is 1. The number of halogens is 1. The summed E-state index contributed by atoms with van der Waals surface area (Å²) in [5.74, 6) is 0.0892. The van der Waals surface area contributed by atoms with Crippen molar-refractivity contribution in [3.63, 3.8) is 0 Å². The molecule has 0 spiro atoms. The van der Waals surface area contributed by atoms with E-state index in [1.165, 1.54) is 7.11 Å². The minimum Gasteiger partial charge on any atom is -0.496 e. The zero-order chi connectivity index (χ0) is 13.2. The van der Waals surface area contributed by atoms with E-state index in [1.54, 1.807) is 26.8 Å². The van der Waals surface area contributed by atoms with Gasteiger partial charge in [0.05, 0.1) is 13.2 Å². The lowest BCUT2D eigenvalue weighted by Gasteiger charge is -2.15. The van der Waals surface area contributed by atoms with Gasteiger partial charge in [-0.1, -0.05) is 11.6 Å². The maximum atomic E-state index is 12.0. The topological polar surface area (TPSA) is 35.5 Å². The van der Waals surface area contributed by atoms with Crippen LogP contribution >= 0.6 is 11.6 Å². The van der Waals surface area contributed by atoms with E-state index in [0.29, 0.717) is 21.9 Å². The first-order chi connectivity index (χ1) is 7.88. The van der Waals surface area contributed by atoms with Crippen molar-refractivity contribution >= 4 is 17.6 Å². The zero-order valence-corrected chi connectivity index (χ0v) is 11.5. The molecular weight excluding hydrogens is 240 g/mol. The highest BCUT2D eigenvalue weighted by Crippen LogP contribution is 2.32. The number of ether oxygens (including phenoxy) is 2. The third kappa shape index (κ3) is 2.91. The van der Waals surface area contributed by atoms with Crippen LogP contribution in [0.4, 0.5) is 0 Å². The SMILES string of the molecule is COc1cc(C)c(Cl)c(C)c1C(=O)OC(C)C. The standard InChI is InChI=1S/C13H17ClO3/c1-7(2)17-13(15)11-9(4)12(14)8(3)6-10(11)16-5/h6-7H,1-5H3. The Morgan fingerprint density at radius 1 is 1.35 bits per heavy atom. The molecular formula is C13H17ClO3. The molecule has 0 N–H and O–H groups in total. The summed E-state index contributed by atoms with van der Waals surface area (Å²) >= 11 is 6.13. The van der Waals surface area contributed by atoms with Gasteiger partial charge in [-0.15, -0.1) is 0 Å². The van der Waals surface area contributed by atoms with Crippen molar-refractivity contribution in [2.45, 2.75) is 33.8 Å². The van der Waals surface area contributed by atoms with Crippen molar-refractivity contribution in [1.82, 2.24) is 0 Å². The lowest BCUT2D eigenvalue weighted by molar-refractivity contribution is 0.0373. The summed E-state index contributed by atoms with van der Waals surface area (Å²) in [4.78, 5) is 12.0. The molecule has 0 fully saturated rings. The predicted octanol–water partition coefficient (Wildman–Crippen LogP) is 3.53. The normalized spacial score (nSPS) is 10.5. The van der Waals surface area contributed by atoms with Crippen molar-refractivity contribution < 1.29 is 14.3 Å². The van der Waals surface area contributed by atoms with Crippen LogP contribution < -0.4 is 4.74 Å². The first-order valence-corrected chi connectivity index (χ1v) is 5.81. The van der Waals surface area contributed by atoms with Crippen LogP contribution in [0.1, 0.15) is 35.3 Å². The van der Waals surface area contributed by atoms with Crippen LogP contribution in [0.3, 0.4) is 0 Å².